The van der Waals surface area contributed by atoms with E-state index in [9.17, 15) is 9.59 Å². The van der Waals surface area contributed by atoms with Crippen LogP contribution in [0.25, 0.3) is 11.0 Å². The summed E-state index contributed by atoms with van der Waals surface area (Å²) in [5.74, 6) is 0.208. The Labute approximate surface area is 196 Å². The Morgan fingerprint density at radius 1 is 0.941 bits per heavy atom. The third kappa shape index (κ3) is 5.19. The zero-order chi connectivity index (χ0) is 23.9. The van der Waals surface area contributed by atoms with Gasteiger partial charge in [0.15, 0.2) is 5.76 Å². The van der Waals surface area contributed by atoms with Gasteiger partial charge in [-0.15, -0.1) is 0 Å². The number of carbonyl (C=O) groups is 2. The minimum atomic E-state index is -0.334. The van der Waals surface area contributed by atoms with Crippen molar-refractivity contribution in [2.45, 2.75) is 6.61 Å². The molecule has 4 aromatic rings. The summed E-state index contributed by atoms with van der Waals surface area (Å²) in [4.78, 5) is 25.1. The van der Waals surface area contributed by atoms with Crippen LogP contribution in [0.1, 0.15) is 26.5 Å². The number of furan rings is 1. The van der Waals surface area contributed by atoms with Crippen molar-refractivity contribution < 1.29 is 23.5 Å². The Morgan fingerprint density at radius 3 is 2.44 bits per heavy atom. The maximum atomic E-state index is 12.6. The summed E-state index contributed by atoms with van der Waals surface area (Å²) in [6, 6.07) is 21.2. The molecule has 4 rings (SSSR count). The molecule has 174 valence electrons. The predicted octanol–water partition coefficient (Wildman–Crippen LogP) is 4.22. The second-order valence-corrected chi connectivity index (χ2v) is 7.51. The van der Waals surface area contributed by atoms with Gasteiger partial charge in [-0.3, -0.25) is 9.59 Å². The number of hydrogen-bond donors (Lipinski definition) is 3. The largest absolute Gasteiger partial charge is 0.492 e. The Balaban J connectivity index is 1.29. The fourth-order valence-corrected chi connectivity index (χ4v) is 3.49. The van der Waals surface area contributed by atoms with Gasteiger partial charge in [0.05, 0.1) is 24.5 Å². The van der Waals surface area contributed by atoms with Crippen molar-refractivity contribution >= 4 is 34.2 Å². The lowest BCUT2D eigenvalue weighted by Gasteiger charge is -2.10. The molecule has 3 aromatic carbocycles. The molecule has 0 unspecified atom stereocenters. The van der Waals surface area contributed by atoms with E-state index in [0.717, 1.165) is 5.39 Å². The molecule has 2 amide bonds. The lowest BCUT2D eigenvalue weighted by Crippen LogP contribution is -2.28. The molecule has 8 heteroatoms. The van der Waals surface area contributed by atoms with Gasteiger partial charge in [-0.2, -0.15) is 0 Å². The Hall–Kier alpha value is -4.30. The molecule has 0 saturated carbocycles. The lowest BCUT2D eigenvalue weighted by atomic mass is 10.1. The monoisotopic (exact) mass is 459 g/mol. The van der Waals surface area contributed by atoms with E-state index in [1.165, 1.54) is 0 Å². The summed E-state index contributed by atoms with van der Waals surface area (Å²) < 4.78 is 16.6. The maximum absolute atomic E-state index is 12.6. The van der Waals surface area contributed by atoms with E-state index in [0.29, 0.717) is 33.8 Å². The van der Waals surface area contributed by atoms with Gasteiger partial charge in [0.2, 0.25) is 0 Å². The van der Waals surface area contributed by atoms with E-state index in [1.54, 1.807) is 55.6 Å². The van der Waals surface area contributed by atoms with Crippen molar-refractivity contribution in [1.82, 2.24) is 5.32 Å². The molecular formula is C26H25N3O5. The zero-order valence-electron chi connectivity index (χ0n) is 18.7. The first-order chi connectivity index (χ1) is 16.6. The third-order valence-corrected chi connectivity index (χ3v) is 5.18. The van der Waals surface area contributed by atoms with Gasteiger partial charge in [0, 0.05) is 23.6 Å². The predicted molar refractivity (Wildman–Crippen MR) is 130 cm³/mol. The highest BCUT2D eigenvalue weighted by Gasteiger charge is 2.20. The smallest absolute Gasteiger partial charge is 0.287 e. The number of rotatable bonds is 9. The van der Waals surface area contributed by atoms with Gasteiger partial charge >= 0.3 is 0 Å². The minimum Gasteiger partial charge on any atom is -0.492 e. The highest BCUT2D eigenvalue weighted by Crippen LogP contribution is 2.26. The Kier molecular flexibility index (Phi) is 7.10. The number of methoxy groups -OCH3 is 1. The number of carbonyl (C=O) groups excluding carboxylic acids is 2. The average Bonchev–Trinajstić information content (AvgIpc) is 3.22. The standard InChI is InChI=1S/C26H25N3O5/c1-32-16-20-19-6-2-5-9-23(19)34-24(20)26(31)28-14-15-33-18-12-10-17(11-13-18)25(30)29-22-8-4-3-7-21(22)27/h2-13H,14-16,27H2,1H3,(H,28,31)(H,29,30). The molecule has 0 bridgehead atoms. The summed E-state index contributed by atoms with van der Waals surface area (Å²) in [7, 11) is 1.57. The van der Waals surface area contributed by atoms with Crippen LogP contribution < -0.4 is 21.1 Å². The Bertz CT molecular complexity index is 1300. The highest BCUT2D eigenvalue weighted by molar-refractivity contribution is 6.05. The van der Waals surface area contributed by atoms with Gasteiger partial charge in [-0.05, 0) is 42.5 Å². The van der Waals surface area contributed by atoms with Gasteiger partial charge in [-0.1, -0.05) is 30.3 Å². The molecule has 0 spiro atoms. The first-order valence-corrected chi connectivity index (χ1v) is 10.7. The van der Waals surface area contributed by atoms with E-state index < -0.39 is 0 Å². The number of ether oxygens (including phenoxy) is 2. The zero-order valence-corrected chi connectivity index (χ0v) is 18.7. The summed E-state index contributed by atoms with van der Waals surface area (Å²) in [5, 5.41) is 6.43. The molecule has 1 heterocycles. The molecule has 0 radical (unpaired) electrons. The summed E-state index contributed by atoms with van der Waals surface area (Å²) in [6.45, 7) is 0.794. The van der Waals surface area contributed by atoms with Gasteiger partial charge in [0.1, 0.15) is 17.9 Å². The molecule has 1 aromatic heterocycles. The van der Waals surface area contributed by atoms with Crippen LogP contribution in [0.5, 0.6) is 5.75 Å². The van der Waals surface area contributed by atoms with Crippen LogP contribution in [-0.2, 0) is 11.3 Å². The number of nitrogens with one attached hydrogen (secondary N) is 2. The van der Waals surface area contributed by atoms with Crippen molar-refractivity contribution in [2.75, 3.05) is 31.3 Å². The number of nitrogen functional groups attached to an aromatic ring is 1. The van der Waals surface area contributed by atoms with E-state index in [2.05, 4.69) is 10.6 Å². The molecule has 0 aliphatic heterocycles. The molecule has 34 heavy (non-hydrogen) atoms. The first-order valence-electron chi connectivity index (χ1n) is 10.7. The SMILES string of the molecule is COCc1c(C(=O)NCCOc2ccc(C(=O)Nc3ccccc3N)cc2)oc2ccccc12. The molecule has 8 nitrogen and oxygen atoms in total. The number of hydrogen-bond acceptors (Lipinski definition) is 6. The van der Waals surface area contributed by atoms with Crippen LogP contribution >= 0.6 is 0 Å². The van der Waals surface area contributed by atoms with Crippen LogP contribution in [0.15, 0.2) is 77.2 Å². The fraction of sp³-hybridized carbons (Fsp3) is 0.154. The molecule has 0 atom stereocenters. The number of anilines is 2. The number of benzene rings is 3. The van der Waals surface area contributed by atoms with E-state index in [4.69, 9.17) is 19.6 Å². The second-order valence-electron chi connectivity index (χ2n) is 7.51. The lowest BCUT2D eigenvalue weighted by molar-refractivity contribution is 0.0914. The fourth-order valence-electron chi connectivity index (χ4n) is 3.49. The van der Waals surface area contributed by atoms with Gasteiger partial charge < -0.3 is 30.3 Å². The van der Waals surface area contributed by atoms with E-state index in [1.807, 2.05) is 24.3 Å². The molecule has 0 aliphatic rings. The van der Waals surface area contributed by atoms with Crippen LogP contribution in [0.4, 0.5) is 11.4 Å². The van der Waals surface area contributed by atoms with Crippen LogP contribution in [-0.4, -0.2) is 32.1 Å². The maximum Gasteiger partial charge on any atom is 0.287 e. The number of fused-ring (bicyclic) bond motifs is 1. The number of amides is 2. The number of nitrogens with two attached hydrogens (primary N) is 1. The van der Waals surface area contributed by atoms with Crippen molar-refractivity contribution in [3.8, 4) is 5.75 Å². The second kappa shape index (κ2) is 10.5. The van der Waals surface area contributed by atoms with Crippen molar-refractivity contribution in [2.24, 2.45) is 0 Å². The molecule has 4 N–H and O–H groups in total. The summed E-state index contributed by atoms with van der Waals surface area (Å²) in [5.41, 5.74) is 8.73. The van der Waals surface area contributed by atoms with Crippen LogP contribution in [0.3, 0.4) is 0 Å². The van der Waals surface area contributed by atoms with E-state index >= 15 is 0 Å². The average molecular weight is 460 g/mol. The number of para-hydroxylation sites is 3. The van der Waals surface area contributed by atoms with Crippen LogP contribution in [0.2, 0.25) is 0 Å². The topological polar surface area (TPSA) is 116 Å². The third-order valence-electron chi connectivity index (χ3n) is 5.18. The highest BCUT2D eigenvalue weighted by atomic mass is 16.5. The minimum absolute atomic E-state index is 0.234. The normalized spacial score (nSPS) is 10.7. The van der Waals surface area contributed by atoms with Gasteiger partial charge in [0.25, 0.3) is 11.8 Å². The van der Waals surface area contributed by atoms with E-state index in [-0.39, 0.29) is 37.3 Å². The van der Waals surface area contributed by atoms with Crippen molar-refractivity contribution in [3.05, 3.63) is 89.7 Å². The quantitative estimate of drug-likeness (QED) is 0.255. The van der Waals surface area contributed by atoms with Crippen LogP contribution in [0, 0.1) is 0 Å². The summed E-state index contributed by atoms with van der Waals surface area (Å²) in [6.07, 6.45) is 0. The summed E-state index contributed by atoms with van der Waals surface area (Å²) >= 11 is 0. The molecule has 0 saturated heterocycles. The van der Waals surface area contributed by atoms with Crippen molar-refractivity contribution in [1.29, 1.82) is 0 Å². The Morgan fingerprint density at radius 2 is 1.68 bits per heavy atom. The van der Waals surface area contributed by atoms with Crippen molar-refractivity contribution in [3.63, 3.8) is 0 Å². The molecule has 0 aliphatic carbocycles. The molecule has 0 fully saturated rings. The molecular weight excluding hydrogens is 434 g/mol. The van der Waals surface area contributed by atoms with Gasteiger partial charge in [-0.25, -0.2) is 0 Å². The first kappa shape index (κ1) is 22.9.